The second kappa shape index (κ2) is 3.21. The first-order chi connectivity index (χ1) is 6.18. The zero-order chi connectivity index (χ0) is 9.16. The average molecular weight is 373 g/mol. The van der Waals surface area contributed by atoms with Gasteiger partial charge in [0.1, 0.15) is 0 Å². The van der Waals surface area contributed by atoms with Gasteiger partial charge in [-0.1, -0.05) is 47.8 Å². The van der Waals surface area contributed by atoms with Gasteiger partial charge in [-0.3, -0.25) is 0 Å². The molecule has 0 nitrogen and oxygen atoms in total. The van der Waals surface area contributed by atoms with E-state index < -0.39 is 0 Å². The minimum absolute atomic E-state index is 0.758. The summed E-state index contributed by atoms with van der Waals surface area (Å²) in [5, 5.41) is 0. The lowest BCUT2D eigenvalue weighted by Gasteiger charge is -2.57. The van der Waals surface area contributed by atoms with Crippen LogP contribution in [0.2, 0.25) is 0 Å². The quantitative estimate of drug-likeness (QED) is 0.565. The Morgan fingerprint density at radius 1 is 0.615 bits per heavy atom. The van der Waals surface area contributed by atoms with E-state index >= 15 is 0 Å². The van der Waals surface area contributed by atoms with Gasteiger partial charge in [-0.2, -0.15) is 0 Å². The van der Waals surface area contributed by atoms with Crippen molar-refractivity contribution in [2.24, 2.45) is 23.7 Å². The smallest absolute Gasteiger partial charge is 0.0224 e. The van der Waals surface area contributed by atoms with E-state index in [0.717, 1.165) is 38.2 Å². The van der Waals surface area contributed by atoms with E-state index in [2.05, 4.69) is 47.8 Å². The molecular formula is C10H13Br3. The summed E-state index contributed by atoms with van der Waals surface area (Å²) in [6.07, 6.45) is 4.31. The van der Waals surface area contributed by atoms with E-state index in [0.29, 0.717) is 0 Å². The summed E-state index contributed by atoms with van der Waals surface area (Å²) in [5.74, 6) is 3.74. The lowest BCUT2D eigenvalue weighted by molar-refractivity contribution is 0.0473. The van der Waals surface area contributed by atoms with Crippen LogP contribution in [0.1, 0.15) is 19.3 Å². The summed E-state index contributed by atoms with van der Waals surface area (Å²) >= 11 is 11.7. The Hall–Kier alpha value is 1.44. The fourth-order valence-corrected chi connectivity index (χ4v) is 7.55. The van der Waals surface area contributed by atoms with Crippen molar-refractivity contribution in [3.8, 4) is 0 Å². The number of halogens is 3. The molecule has 4 aliphatic carbocycles. The monoisotopic (exact) mass is 370 g/mol. The Morgan fingerprint density at radius 2 is 1.08 bits per heavy atom. The van der Waals surface area contributed by atoms with Crippen molar-refractivity contribution >= 4 is 47.8 Å². The van der Waals surface area contributed by atoms with Crippen LogP contribution in [0.5, 0.6) is 0 Å². The molecule has 0 aromatic heterocycles. The molecule has 4 saturated carbocycles. The normalized spacial score (nSPS) is 64.4. The molecule has 0 N–H and O–H groups in total. The van der Waals surface area contributed by atoms with Crippen molar-refractivity contribution in [2.75, 3.05) is 0 Å². The lowest BCUT2D eigenvalue weighted by Crippen LogP contribution is -2.56. The van der Waals surface area contributed by atoms with Crippen LogP contribution < -0.4 is 0 Å². The third-order valence-corrected chi connectivity index (χ3v) is 8.50. The topological polar surface area (TPSA) is 0 Å². The second-order valence-corrected chi connectivity index (χ2v) is 8.06. The SMILES string of the molecule is BrC1C2CC3CC1C(Br)C(C2)C3Br. The summed E-state index contributed by atoms with van der Waals surface area (Å²) in [6.45, 7) is 0. The first-order valence-electron chi connectivity index (χ1n) is 5.10. The highest BCUT2D eigenvalue weighted by molar-refractivity contribution is 9.10. The fourth-order valence-electron chi connectivity index (χ4n) is 3.69. The molecule has 0 aromatic rings. The molecule has 4 rings (SSSR count). The van der Waals surface area contributed by atoms with Gasteiger partial charge >= 0.3 is 0 Å². The third kappa shape index (κ3) is 1.25. The molecule has 4 aliphatic rings. The maximum Gasteiger partial charge on any atom is 0.0224 e. The van der Waals surface area contributed by atoms with Crippen molar-refractivity contribution in [3.63, 3.8) is 0 Å². The molecule has 3 heteroatoms. The van der Waals surface area contributed by atoms with Crippen LogP contribution in [-0.4, -0.2) is 14.5 Å². The maximum absolute atomic E-state index is 3.90. The number of hydrogen-bond donors (Lipinski definition) is 0. The van der Waals surface area contributed by atoms with Crippen LogP contribution in [0.25, 0.3) is 0 Å². The van der Waals surface area contributed by atoms with E-state index in [9.17, 15) is 0 Å². The van der Waals surface area contributed by atoms with Crippen LogP contribution in [0.4, 0.5) is 0 Å². The van der Waals surface area contributed by atoms with Gasteiger partial charge in [0.25, 0.3) is 0 Å². The summed E-state index contributed by atoms with van der Waals surface area (Å²) in [6, 6.07) is 0. The highest BCUT2D eigenvalue weighted by Gasteiger charge is 2.55. The van der Waals surface area contributed by atoms with E-state index in [1.807, 2.05) is 0 Å². The minimum Gasteiger partial charge on any atom is -0.0884 e. The molecular weight excluding hydrogens is 360 g/mol. The maximum atomic E-state index is 3.90. The van der Waals surface area contributed by atoms with E-state index in [1.54, 1.807) is 0 Å². The van der Waals surface area contributed by atoms with E-state index in [4.69, 9.17) is 0 Å². The van der Waals surface area contributed by atoms with Crippen LogP contribution in [0.15, 0.2) is 0 Å². The van der Waals surface area contributed by atoms with Crippen LogP contribution >= 0.6 is 47.8 Å². The van der Waals surface area contributed by atoms with Gasteiger partial charge in [0.05, 0.1) is 0 Å². The molecule has 13 heavy (non-hydrogen) atoms. The molecule has 0 saturated heterocycles. The summed E-state index contributed by atoms with van der Waals surface area (Å²) in [5.41, 5.74) is 0. The number of alkyl halides is 3. The Bertz CT molecular complexity index is 208. The fraction of sp³-hybridized carbons (Fsp3) is 1.00. The van der Waals surface area contributed by atoms with Crippen molar-refractivity contribution in [1.82, 2.24) is 0 Å². The Labute approximate surface area is 105 Å². The molecule has 4 fully saturated rings. The zero-order valence-corrected chi connectivity index (χ0v) is 12.1. The Morgan fingerprint density at radius 3 is 1.54 bits per heavy atom. The Kier molecular flexibility index (Phi) is 2.39. The summed E-state index contributed by atoms with van der Waals surface area (Å²) < 4.78 is 0. The van der Waals surface area contributed by atoms with Crippen LogP contribution in [0.3, 0.4) is 0 Å². The summed E-state index contributed by atoms with van der Waals surface area (Å²) in [7, 11) is 0. The van der Waals surface area contributed by atoms with Gasteiger partial charge in [-0.05, 0) is 42.9 Å². The average Bonchev–Trinajstić information content (AvgIpc) is 2.10. The molecule has 6 atom stereocenters. The molecule has 0 heterocycles. The predicted molar refractivity (Wildman–Crippen MR) is 66.0 cm³/mol. The van der Waals surface area contributed by atoms with Crippen molar-refractivity contribution in [1.29, 1.82) is 0 Å². The second-order valence-electron chi connectivity index (χ2n) is 4.89. The van der Waals surface area contributed by atoms with Gasteiger partial charge in [0.2, 0.25) is 0 Å². The van der Waals surface area contributed by atoms with Gasteiger partial charge < -0.3 is 0 Å². The highest BCUT2D eigenvalue weighted by atomic mass is 79.9. The molecule has 4 bridgehead atoms. The summed E-state index contributed by atoms with van der Waals surface area (Å²) in [4.78, 5) is 2.35. The van der Waals surface area contributed by atoms with Crippen molar-refractivity contribution in [3.05, 3.63) is 0 Å². The number of hydrogen-bond acceptors (Lipinski definition) is 0. The number of rotatable bonds is 0. The van der Waals surface area contributed by atoms with Gasteiger partial charge in [-0.25, -0.2) is 0 Å². The Balaban J connectivity index is 1.95. The first-order valence-corrected chi connectivity index (χ1v) is 7.85. The largest absolute Gasteiger partial charge is 0.0884 e. The van der Waals surface area contributed by atoms with Gasteiger partial charge in [0.15, 0.2) is 0 Å². The van der Waals surface area contributed by atoms with Crippen molar-refractivity contribution < 1.29 is 0 Å². The first kappa shape index (κ1) is 9.65. The van der Waals surface area contributed by atoms with Crippen LogP contribution in [-0.2, 0) is 0 Å². The standard InChI is InChI=1S/C10H13Br3/c11-8-4-1-5-3-7(8)10(13)6(2-4)9(5)12/h4-10H,1-3H2. The highest BCUT2D eigenvalue weighted by Crippen LogP contribution is 2.59. The molecule has 0 aromatic carbocycles. The lowest BCUT2D eigenvalue weighted by atomic mass is 9.56. The molecule has 0 aliphatic heterocycles. The third-order valence-electron chi connectivity index (χ3n) is 4.29. The zero-order valence-electron chi connectivity index (χ0n) is 7.30. The molecule has 0 spiro atoms. The molecule has 0 amide bonds. The van der Waals surface area contributed by atoms with Crippen molar-refractivity contribution in [2.45, 2.75) is 33.7 Å². The van der Waals surface area contributed by atoms with Gasteiger partial charge in [-0.15, -0.1) is 0 Å². The van der Waals surface area contributed by atoms with Crippen LogP contribution in [0, 0.1) is 23.7 Å². The van der Waals surface area contributed by atoms with E-state index in [-0.39, 0.29) is 0 Å². The molecule has 0 radical (unpaired) electrons. The molecule has 6 unspecified atom stereocenters. The minimum atomic E-state index is 0.758. The predicted octanol–water partition coefficient (Wildman–Crippen LogP) is 3.95. The van der Waals surface area contributed by atoms with E-state index in [1.165, 1.54) is 19.3 Å². The van der Waals surface area contributed by atoms with Gasteiger partial charge in [0, 0.05) is 14.5 Å². The molecule has 74 valence electrons.